The summed E-state index contributed by atoms with van der Waals surface area (Å²) in [6.07, 6.45) is 2.84. The maximum atomic E-state index is 11.9. The summed E-state index contributed by atoms with van der Waals surface area (Å²) in [5.74, 6) is 0.0589. The molecule has 0 aliphatic carbocycles. The summed E-state index contributed by atoms with van der Waals surface area (Å²) in [6.45, 7) is 2.74. The highest BCUT2D eigenvalue weighted by Gasteiger charge is 2.38. The third-order valence-corrected chi connectivity index (χ3v) is 5.56. The SMILES string of the molecule is CSc1nc(Nc2ccccc2)c([N+](=O)[O-])c(N2CCC(C)(C(N)=O)CC2)n1. The van der Waals surface area contributed by atoms with Crippen molar-refractivity contribution < 1.29 is 9.72 Å². The van der Waals surface area contributed by atoms with Crippen LogP contribution in [0.25, 0.3) is 0 Å². The van der Waals surface area contributed by atoms with Crippen LogP contribution in [0.2, 0.25) is 0 Å². The number of nitrogens with two attached hydrogens (primary N) is 1. The maximum absolute atomic E-state index is 11.9. The van der Waals surface area contributed by atoms with Crippen molar-refractivity contribution in [3.63, 3.8) is 0 Å². The highest BCUT2D eigenvalue weighted by molar-refractivity contribution is 7.98. The van der Waals surface area contributed by atoms with E-state index in [4.69, 9.17) is 5.73 Å². The van der Waals surface area contributed by atoms with Gasteiger partial charge in [-0.2, -0.15) is 9.97 Å². The van der Waals surface area contributed by atoms with Gasteiger partial charge < -0.3 is 16.0 Å². The molecule has 1 amide bonds. The van der Waals surface area contributed by atoms with E-state index in [1.165, 1.54) is 11.8 Å². The van der Waals surface area contributed by atoms with Gasteiger partial charge in [-0.25, -0.2) is 0 Å². The Morgan fingerprint density at radius 1 is 1.29 bits per heavy atom. The first-order valence-corrected chi connectivity index (χ1v) is 10.0. The second kappa shape index (κ2) is 8.01. The Bertz CT molecular complexity index is 884. The van der Waals surface area contributed by atoms with Gasteiger partial charge in [0.2, 0.25) is 17.5 Å². The lowest BCUT2D eigenvalue weighted by molar-refractivity contribution is -0.383. The van der Waals surface area contributed by atoms with Crippen molar-refractivity contribution in [1.29, 1.82) is 0 Å². The minimum absolute atomic E-state index is 0.147. The predicted molar refractivity (Wildman–Crippen MR) is 109 cm³/mol. The van der Waals surface area contributed by atoms with Gasteiger partial charge in [-0.05, 0) is 31.2 Å². The number of amides is 1. The fourth-order valence-corrected chi connectivity index (χ4v) is 3.47. The lowest BCUT2D eigenvalue weighted by Gasteiger charge is -2.37. The first-order valence-electron chi connectivity index (χ1n) is 8.81. The molecular weight excluding hydrogens is 380 g/mol. The molecule has 9 nitrogen and oxygen atoms in total. The average molecular weight is 402 g/mol. The summed E-state index contributed by atoms with van der Waals surface area (Å²) in [5.41, 5.74) is 5.43. The number of anilines is 3. The van der Waals surface area contributed by atoms with Crippen molar-refractivity contribution in [2.45, 2.75) is 24.9 Å². The zero-order valence-corrected chi connectivity index (χ0v) is 16.5. The number of piperidine rings is 1. The van der Waals surface area contributed by atoms with Crippen LogP contribution in [0.4, 0.5) is 23.0 Å². The van der Waals surface area contributed by atoms with E-state index in [1.54, 1.807) is 0 Å². The Labute approximate surface area is 166 Å². The van der Waals surface area contributed by atoms with Gasteiger partial charge in [0.15, 0.2) is 5.16 Å². The molecule has 3 N–H and O–H groups in total. The van der Waals surface area contributed by atoms with Crippen LogP contribution in [0.3, 0.4) is 0 Å². The van der Waals surface area contributed by atoms with E-state index in [1.807, 2.05) is 48.4 Å². The van der Waals surface area contributed by atoms with E-state index >= 15 is 0 Å². The topological polar surface area (TPSA) is 127 Å². The summed E-state index contributed by atoms with van der Waals surface area (Å²) >= 11 is 1.31. The molecule has 3 rings (SSSR count). The fraction of sp³-hybridized carbons (Fsp3) is 0.389. The van der Waals surface area contributed by atoms with Crippen molar-refractivity contribution in [3.05, 3.63) is 40.4 Å². The second-order valence-electron chi connectivity index (χ2n) is 6.89. The van der Waals surface area contributed by atoms with Crippen molar-refractivity contribution in [1.82, 2.24) is 9.97 Å². The van der Waals surface area contributed by atoms with E-state index in [0.29, 0.717) is 36.8 Å². The molecule has 28 heavy (non-hydrogen) atoms. The van der Waals surface area contributed by atoms with Crippen molar-refractivity contribution in [3.8, 4) is 0 Å². The molecule has 0 saturated carbocycles. The van der Waals surface area contributed by atoms with Crippen molar-refractivity contribution in [2.75, 3.05) is 29.6 Å². The molecule has 2 heterocycles. The first-order chi connectivity index (χ1) is 13.3. The number of aromatic nitrogens is 2. The van der Waals surface area contributed by atoms with E-state index < -0.39 is 10.3 Å². The molecule has 1 fully saturated rings. The van der Waals surface area contributed by atoms with E-state index in [9.17, 15) is 14.9 Å². The predicted octanol–water partition coefficient (Wildman–Crippen LogP) is 2.94. The number of benzene rings is 1. The second-order valence-corrected chi connectivity index (χ2v) is 7.66. The molecule has 0 bridgehead atoms. The van der Waals surface area contributed by atoms with Crippen LogP contribution in [0.15, 0.2) is 35.5 Å². The Morgan fingerprint density at radius 3 is 2.46 bits per heavy atom. The molecule has 1 aromatic heterocycles. The lowest BCUT2D eigenvalue weighted by atomic mass is 9.80. The van der Waals surface area contributed by atoms with Crippen LogP contribution >= 0.6 is 11.8 Å². The van der Waals surface area contributed by atoms with Crippen LogP contribution < -0.4 is 16.0 Å². The number of carbonyl (C=O) groups is 1. The molecule has 1 aliphatic rings. The van der Waals surface area contributed by atoms with Crippen molar-refractivity contribution >= 4 is 40.7 Å². The number of carbonyl (C=O) groups excluding carboxylic acids is 1. The van der Waals surface area contributed by atoms with Gasteiger partial charge in [0.05, 0.1) is 4.92 Å². The lowest BCUT2D eigenvalue weighted by Crippen LogP contribution is -2.45. The van der Waals surface area contributed by atoms with Crippen LogP contribution in [0, 0.1) is 15.5 Å². The Balaban J connectivity index is 1.99. The number of hydrogen-bond acceptors (Lipinski definition) is 8. The molecule has 1 aliphatic heterocycles. The van der Waals surface area contributed by atoms with Gasteiger partial charge >= 0.3 is 5.69 Å². The number of nitrogens with zero attached hydrogens (tertiary/aromatic N) is 4. The van der Waals surface area contributed by atoms with Crippen LogP contribution in [0.5, 0.6) is 0 Å². The molecular formula is C18H22N6O3S. The number of primary amides is 1. The largest absolute Gasteiger partial charge is 0.369 e. The molecule has 0 radical (unpaired) electrons. The van der Waals surface area contributed by atoms with E-state index in [0.717, 1.165) is 0 Å². The highest BCUT2D eigenvalue weighted by atomic mass is 32.2. The highest BCUT2D eigenvalue weighted by Crippen LogP contribution is 2.39. The smallest absolute Gasteiger partial charge is 0.353 e. The molecule has 148 valence electrons. The number of para-hydroxylation sites is 1. The zero-order valence-electron chi connectivity index (χ0n) is 15.7. The number of hydrogen-bond donors (Lipinski definition) is 2. The minimum atomic E-state index is -0.605. The molecule has 10 heteroatoms. The zero-order chi connectivity index (χ0) is 20.3. The summed E-state index contributed by atoms with van der Waals surface area (Å²) in [7, 11) is 0. The number of thioether (sulfide) groups is 1. The normalized spacial score (nSPS) is 15.9. The number of nitro groups is 1. The minimum Gasteiger partial charge on any atom is -0.369 e. The summed E-state index contributed by atoms with van der Waals surface area (Å²) in [6, 6.07) is 9.15. The fourth-order valence-electron chi connectivity index (χ4n) is 3.11. The molecule has 2 aromatic rings. The first kappa shape index (κ1) is 19.9. The van der Waals surface area contributed by atoms with Crippen LogP contribution in [0.1, 0.15) is 19.8 Å². The summed E-state index contributed by atoms with van der Waals surface area (Å²) in [5, 5.41) is 15.4. The third-order valence-electron chi connectivity index (χ3n) is 5.01. The Morgan fingerprint density at radius 2 is 1.93 bits per heavy atom. The van der Waals surface area contributed by atoms with Gasteiger partial charge in [0.25, 0.3) is 0 Å². The molecule has 0 atom stereocenters. The van der Waals surface area contributed by atoms with Gasteiger partial charge in [-0.1, -0.05) is 36.9 Å². The molecule has 1 saturated heterocycles. The third kappa shape index (κ3) is 4.01. The molecule has 1 aromatic carbocycles. The van der Waals surface area contributed by atoms with Gasteiger partial charge in [-0.15, -0.1) is 0 Å². The van der Waals surface area contributed by atoms with Gasteiger partial charge in [-0.3, -0.25) is 14.9 Å². The standard InChI is InChI=1S/C18H22N6O3S/c1-18(16(19)25)8-10-23(11-9-18)15-13(24(26)27)14(21-17(22-15)28-2)20-12-6-4-3-5-7-12/h3-7H,8-11H2,1-2H3,(H2,19,25)(H,20,21,22). The molecule has 0 unspecified atom stereocenters. The summed E-state index contributed by atoms with van der Waals surface area (Å²) in [4.78, 5) is 33.7. The average Bonchev–Trinajstić information content (AvgIpc) is 2.68. The monoisotopic (exact) mass is 402 g/mol. The Hall–Kier alpha value is -2.88. The maximum Gasteiger partial charge on any atom is 0.353 e. The van der Waals surface area contributed by atoms with Gasteiger partial charge in [0, 0.05) is 24.2 Å². The number of rotatable bonds is 6. The molecule has 0 spiro atoms. The number of nitrogens with one attached hydrogen (secondary N) is 1. The van der Waals surface area contributed by atoms with Crippen LogP contribution in [-0.2, 0) is 4.79 Å². The van der Waals surface area contributed by atoms with E-state index in [2.05, 4.69) is 15.3 Å². The van der Waals surface area contributed by atoms with Gasteiger partial charge in [0.1, 0.15) is 0 Å². The van der Waals surface area contributed by atoms with E-state index in [-0.39, 0.29) is 23.2 Å². The summed E-state index contributed by atoms with van der Waals surface area (Å²) < 4.78 is 0. The Kier molecular flexibility index (Phi) is 5.68. The quantitative estimate of drug-likeness (QED) is 0.327. The van der Waals surface area contributed by atoms with Crippen LogP contribution in [-0.4, -0.2) is 40.1 Å². The van der Waals surface area contributed by atoms with Crippen molar-refractivity contribution in [2.24, 2.45) is 11.1 Å².